The highest BCUT2D eigenvalue weighted by atomic mass is 16.5. The second kappa shape index (κ2) is 4.44. The fraction of sp³-hybridized carbons (Fsp3) is 0.200. The summed E-state index contributed by atoms with van der Waals surface area (Å²) in [6, 6.07) is 4.33. The number of nitriles is 1. The predicted molar refractivity (Wildman–Crippen MR) is 52.1 cm³/mol. The van der Waals surface area contributed by atoms with E-state index in [0.717, 1.165) is 0 Å². The van der Waals surface area contributed by atoms with E-state index in [9.17, 15) is 9.90 Å². The molecule has 78 valence electrons. The highest BCUT2D eigenvalue weighted by Crippen LogP contribution is 2.22. The maximum absolute atomic E-state index is 11.3. The molecule has 0 aliphatic rings. The van der Waals surface area contributed by atoms with E-state index in [4.69, 9.17) is 11.0 Å². The summed E-state index contributed by atoms with van der Waals surface area (Å²) in [7, 11) is 1.24. The van der Waals surface area contributed by atoms with E-state index < -0.39 is 5.97 Å². The van der Waals surface area contributed by atoms with Crippen LogP contribution in [-0.2, 0) is 11.3 Å². The number of esters is 1. The summed E-state index contributed by atoms with van der Waals surface area (Å²) in [6.07, 6.45) is 0. The van der Waals surface area contributed by atoms with Crippen molar-refractivity contribution in [1.29, 1.82) is 5.26 Å². The summed E-state index contributed by atoms with van der Waals surface area (Å²) in [4.78, 5) is 11.3. The SMILES string of the molecule is COC(=O)c1cc(C#N)c(O)cc1CN. The smallest absolute Gasteiger partial charge is 0.338 e. The summed E-state index contributed by atoms with van der Waals surface area (Å²) in [5.41, 5.74) is 6.07. The fourth-order valence-electron chi connectivity index (χ4n) is 1.19. The van der Waals surface area contributed by atoms with Gasteiger partial charge in [-0.1, -0.05) is 0 Å². The van der Waals surface area contributed by atoms with Crippen LogP contribution < -0.4 is 5.73 Å². The zero-order valence-electron chi connectivity index (χ0n) is 8.15. The minimum absolute atomic E-state index is 0.0209. The van der Waals surface area contributed by atoms with E-state index in [0.29, 0.717) is 5.56 Å². The van der Waals surface area contributed by atoms with Crippen molar-refractivity contribution >= 4 is 5.97 Å². The number of rotatable bonds is 2. The van der Waals surface area contributed by atoms with Gasteiger partial charge in [-0.2, -0.15) is 5.26 Å². The second-order valence-corrected chi connectivity index (χ2v) is 2.83. The molecule has 1 aromatic carbocycles. The van der Waals surface area contributed by atoms with E-state index >= 15 is 0 Å². The van der Waals surface area contributed by atoms with E-state index in [2.05, 4.69) is 4.74 Å². The lowest BCUT2D eigenvalue weighted by atomic mass is 10.0. The van der Waals surface area contributed by atoms with Crippen molar-refractivity contribution in [2.24, 2.45) is 5.73 Å². The highest BCUT2D eigenvalue weighted by molar-refractivity contribution is 5.91. The second-order valence-electron chi connectivity index (χ2n) is 2.83. The first-order chi connectivity index (χ1) is 7.13. The van der Waals surface area contributed by atoms with Gasteiger partial charge in [0.15, 0.2) is 0 Å². The van der Waals surface area contributed by atoms with Crippen LogP contribution in [0.2, 0.25) is 0 Å². The molecular formula is C10H10N2O3. The number of hydrogen-bond acceptors (Lipinski definition) is 5. The van der Waals surface area contributed by atoms with E-state index in [-0.39, 0.29) is 23.4 Å². The molecule has 0 saturated carbocycles. The molecule has 15 heavy (non-hydrogen) atoms. The average molecular weight is 206 g/mol. The topological polar surface area (TPSA) is 96.3 Å². The molecule has 0 heterocycles. The molecule has 0 aromatic heterocycles. The molecule has 0 atom stereocenters. The highest BCUT2D eigenvalue weighted by Gasteiger charge is 2.14. The number of phenols is 1. The molecular weight excluding hydrogens is 196 g/mol. The van der Waals surface area contributed by atoms with Crippen molar-refractivity contribution in [3.05, 3.63) is 28.8 Å². The van der Waals surface area contributed by atoms with Gasteiger partial charge in [0.25, 0.3) is 0 Å². The molecule has 0 saturated heterocycles. The van der Waals surface area contributed by atoms with Gasteiger partial charge in [-0.3, -0.25) is 0 Å². The summed E-state index contributed by atoms with van der Waals surface area (Å²) >= 11 is 0. The molecule has 5 heteroatoms. The standard InChI is InChI=1S/C10H10N2O3/c1-15-10(14)8-2-7(5-12)9(13)3-6(8)4-11/h2-3,13H,4,11H2,1H3. The third-order valence-electron chi connectivity index (χ3n) is 1.97. The van der Waals surface area contributed by atoms with Crippen LogP contribution in [-0.4, -0.2) is 18.2 Å². The van der Waals surface area contributed by atoms with Crippen LogP contribution in [0.15, 0.2) is 12.1 Å². The molecule has 0 spiro atoms. The van der Waals surface area contributed by atoms with Gasteiger partial charge in [0.05, 0.1) is 18.2 Å². The van der Waals surface area contributed by atoms with Gasteiger partial charge in [-0.25, -0.2) is 4.79 Å². The van der Waals surface area contributed by atoms with Crippen molar-refractivity contribution < 1.29 is 14.6 Å². The van der Waals surface area contributed by atoms with Gasteiger partial charge in [0, 0.05) is 6.54 Å². The third-order valence-corrected chi connectivity index (χ3v) is 1.97. The average Bonchev–Trinajstić information content (AvgIpc) is 2.27. The Bertz CT molecular complexity index is 435. The monoisotopic (exact) mass is 206 g/mol. The number of benzene rings is 1. The number of methoxy groups -OCH3 is 1. The number of carbonyl (C=O) groups excluding carboxylic acids is 1. The van der Waals surface area contributed by atoms with Crippen LogP contribution in [0.1, 0.15) is 21.5 Å². The number of carbonyl (C=O) groups is 1. The van der Waals surface area contributed by atoms with Crippen LogP contribution in [0.3, 0.4) is 0 Å². The van der Waals surface area contributed by atoms with E-state index in [1.807, 2.05) is 0 Å². The first-order valence-electron chi connectivity index (χ1n) is 4.18. The van der Waals surface area contributed by atoms with Crippen LogP contribution in [0.25, 0.3) is 0 Å². The lowest BCUT2D eigenvalue weighted by Crippen LogP contribution is -2.09. The number of phenolic OH excluding ortho intramolecular Hbond substituents is 1. The van der Waals surface area contributed by atoms with Gasteiger partial charge in [-0.15, -0.1) is 0 Å². The normalized spacial score (nSPS) is 9.40. The maximum Gasteiger partial charge on any atom is 0.338 e. The Labute approximate surface area is 86.7 Å². The number of ether oxygens (including phenoxy) is 1. The fourth-order valence-corrected chi connectivity index (χ4v) is 1.19. The molecule has 3 N–H and O–H groups in total. The molecule has 0 fully saturated rings. The van der Waals surface area contributed by atoms with Gasteiger partial charge < -0.3 is 15.6 Å². The summed E-state index contributed by atoms with van der Waals surface area (Å²) < 4.78 is 4.53. The van der Waals surface area contributed by atoms with Crippen molar-refractivity contribution in [2.45, 2.75) is 6.54 Å². The van der Waals surface area contributed by atoms with Gasteiger partial charge in [0.1, 0.15) is 11.8 Å². The number of aromatic hydroxyl groups is 1. The van der Waals surface area contributed by atoms with Crippen molar-refractivity contribution in [3.8, 4) is 11.8 Å². The Hall–Kier alpha value is -2.06. The third kappa shape index (κ3) is 2.06. The first kappa shape index (κ1) is 11.0. The van der Waals surface area contributed by atoms with Crippen LogP contribution in [0, 0.1) is 11.3 Å². The Morgan fingerprint density at radius 3 is 2.80 bits per heavy atom. The summed E-state index contributed by atoms with van der Waals surface area (Å²) in [6.45, 7) is 0.0870. The Balaban J connectivity index is 3.36. The van der Waals surface area contributed by atoms with Crippen molar-refractivity contribution in [2.75, 3.05) is 7.11 Å². The molecule has 0 bridgehead atoms. The predicted octanol–water partition coefficient (Wildman–Crippen LogP) is 0.509. The molecule has 0 amide bonds. The van der Waals surface area contributed by atoms with Gasteiger partial charge in [-0.05, 0) is 17.7 Å². The molecule has 1 aromatic rings. The van der Waals surface area contributed by atoms with Gasteiger partial charge in [0.2, 0.25) is 0 Å². The molecule has 1 rings (SSSR count). The quantitative estimate of drug-likeness (QED) is 0.687. The Kier molecular flexibility index (Phi) is 3.26. The molecule has 5 nitrogen and oxygen atoms in total. The first-order valence-corrected chi connectivity index (χ1v) is 4.18. The summed E-state index contributed by atoms with van der Waals surface area (Å²) in [5, 5.41) is 18.0. The molecule has 0 unspecified atom stereocenters. The molecule has 0 radical (unpaired) electrons. The largest absolute Gasteiger partial charge is 0.507 e. The van der Waals surface area contributed by atoms with Gasteiger partial charge >= 0.3 is 5.97 Å². The Morgan fingerprint density at radius 1 is 1.67 bits per heavy atom. The number of hydrogen-bond donors (Lipinski definition) is 2. The van der Waals surface area contributed by atoms with Crippen LogP contribution >= 0.6 is 0 Å². The lowest BCUT2D eigenvalue weighted by Gasteiger charge is -2.07. The van der Waals surface area contributed by atoms with Crippen LogP contribution in [0.4, 0.5) is 0 Å². The van der Waals surface area contributed by atoms with E-state index in [1.165, 1.54) is 19.2 Å². The minimum Gasteiger partial charge on any atom is -0.507 e. The maximum atomic E-state index is 11.3. The summed E-state index contributed by atoms with van der Waals surface area (Å²) in [5.74, 6) is -0.766. The number of nitrogens with zero attached hydrogens (tertiary/aromatic N) is 1. The van der Waals surface area contributed by atoms with Crippen LogP contribution in [0.5, 0.6) is 5.75 Å². The zero-order chi connectivity index (χ0) is 11.4. The molecule has 0 aliphatic heterocycles. The van der Waals surface area contributed by atoms with Crippen molar-refractivity contribution in [1.82, 2.24) is 0 Å². The Morgan fingerprint density at radius 2 is 2.33 bits per heavy atom. The van der Waals surface area contributed by atoms with E-state index in [1.54, 1.807) is 6.07 Å². The minimum atomic E-state index is -0.577. The number of nitrogens with two attached hydrogens (primary N) is 1. The lowest BCUT2D eigenvalue weighted by molar-refractivity contribution is 0.0599. The zero-order valence-corrected chi connectivity index (χ0v) is 8.15. The molecule has 0 aliphatic carbocycles. The van der Waals surface area contributed by atoms with Crippen molar-refractivity contribution in [3.63, 3.8) is 0 Å².